The molecule has 0 spiro atoms. The fourth-order valence-corrected chi connectivity index (χ4v) is 4.82. The number of hydrogen-bond acceptors (Lipinski definition) is 3. The van der Waals surface area contributed by atoms with Gasteiger partial charge >= 0.3 is 0 Å². The molecule has 2 atom stereocenters. The molecule has 1 saturated heterocycles. The number of nitrogens with zero attached hydrogens (tertiary/aromatic N) is 1. The van der Waals surface area contributed by atoms with E-state index in [0.717, 1.165) is 37.4 Å². The van der Waals surface area contributed by atoms with E-state index in [4.69, 9.17) is 4.74 Å². The molecular weight excluding hydrogens is 310 g/mol. The highest BCUT2D eigenvalue weighted by Gasteiger charge is 2.69. The fraction of sp³-hybridized carbons (Fsp3) is 0.455. The minimum atomic E-state index is -0.977. The van der Waals surface area contributed by atoms with Crippen molar-refractivity contribution in [3.05, 3.63) is 71.8 Å². The average Bonchev–Trinajstić information content (AvgIpc) is 3.26. The smallest absolute Gasteiger partial charge is 0.119 e. The van der Waals surface area contributed by atoms with Gasteiger partial charge in [0.25, 0.3) is 0 Å². The molecule has 2 aromatic rings. The molecule has 1 aliphatic carbocycles. The third-order valence-electron chi connectivity index (χ3n) is 6.09. The highest BCUT2D eigenvalue weighted by Crippen LogP contribution is 2.64. The minimum Gasteiger partial charge on any atom is -0.380 e. The van der Waals surface area contributed by atoms with Crippen LogP contribution < -0.4 is 0 Å². The summed E-state index contributed by atoms with van der Waals surface area (Å²) in [5.74, 6) is 0.155. The Hall–Kier alpha value is -1.68. The lowest BCUT2D eigenvalue weighted by molar-refractivity contribution is 0.00993. The van der Waals surface area contributed by atoms with Crippen LogP contribution >= 0.6 is 0 Å². The molecule has 4 rings (SSSR count). The van der Waals surface area contributed by atoms with Crippen LogP contribution in [0.1, 0.15) is 25.0 Å². The second-order valence-electron chi connectivity index (χ2n) is 7.89. The van der Waals surface area contributed by atoms with Crippen molar-refractivity contribution in [2.75, 3.05) is 26.3 Å². The maximum atomic E-state index is 12.1. The highest BCUT2D eigenvalue weighted by molar-refractivity contribution is 5.42. The molecule has 0 amide bonds. The Balaban J connectivity index is 1.77. The molecule has 3 heteroatoms. The summed E-state index contributed by atoms with van der Waals surface area (Å²) < 4.78 is 5.53. The molecule has 0 bridgehead atoms. The number of benzene rings is 2. The van der Waals surface area contributed by atoms with Crippen LogP contribution in [0.5, 0.6) is 0 Å². The Labute approximate surface area is 150 Å². The SMILES string of the molecule is CC1(C)[C@@H](N2CCOCC2)[C@H]1C(O)(c1ccccc1)c1ccccc1. The van der Waals surface area contributed by atoms with Crippen LogP contribution in [0.15, 0.2) is 60.7 Å². The topological polar surface area (TPSA) is 32.7 Å². The summed E-state index contributed by atoms with van der Waals surface area (Å²) >= 11 is 0. The molecule has 1 saturated carbocycles. The van der Waals surface area contributed by atoms with Gasteiger partial charge in [0.1, 0.15) is 5.60 Å². The molecule has 0 unspecified atom stereocenters. The van der Waals surface area contributed by atoms with E-state index in [2.05, 4.69) is 43.0 Å². The number of hydrogen-bond donors (Lipinski definition) is 1. The molecule has 2 fully saturated rings. The zero-order valence-electron chi connectivity index (χ0n) is 15.1. The Morgan fingerprint density at radius 1 is 0.920 bits per heavy atom. The van der Waals surface area contributed by atoms with Gasteiger partial charge in [0.05, 0.1) is 13.2 Å². The van der Waals surface area contributed by atoms with E-state index in [-0.39, 0.29) is 11.3 Å². The monoisotopic (exact) mass is 337 g/mol. The summed E-state index contributed by atoms with van der Waals surface area (Å²) in [6, 6.07) is 20.7. The van der Waals surface area contributed by atoms with Crippen LogP contribution in [0.25, 0.3) is 0 Å². The molecule has 0 aromatic heterocycles. The van der Waals surface area contributed by atoms with E-state index in [1.807, 2.05) is 36.4 Å². The molecule has 25 heavy (non-hydrogen) atoms. The molecule has 0 radical (unpaired) electrons. The summed E-state index contributed by atoms with van der Waals surface area (Å²) in [4.78, 5) is 2.50. The van der Waals surface area contributed by atoms with Crippen molar-refractivity contribution in [3.8, 4) is 0 Å². The second-order valence-corrected chi connectivity index (χ2v) is 7.89. The molecule has 2 aliphatic rings. The van der Waals surface area contributed by atoms with Gasteiger partial charge in [-0.3, -0.25) is 4.90 Å². The van der Waals surface area contributed by atoms with E-state index in [0.29, 0.717) is 6.04 Å². The fourth-order valence-electron chi connectivity index (χ4n) is 4.82. The summed E-state index contributed by atoms with van der Waals surface area (Å²) in [7, 11) is 0. The first-order chi connectivity index (χ1) is 12.1. The first kappa shape index (κ1) is 16.8. The third kappa shape index (κ3) is 2.71. The molecule has 3 nitrogen and oxygen atoms in total. The lowest BCUT2D eigenvalue weighted by Gasteiger charge is -2.33. The summed E-state index contributed by atoms with van der Waals surface area (Å²) in [5.41, 5.74) is 1.04. The third-order valence-corrected chi connectivity index (χ3v) is 6.09. The molecular formula is C22H27NO2. The Kier molecular flexibility index (Phi) is 4.19. The first-order valence-electron chi connectivity index (χ1n) is 9.21. The van der Waals surface area contributed by atoms with E-state index in [1.165, 1.54) is 0 Å². The average molecular weight is 337 g/mol. The van der Waals surface area contributed by atoms with Gasteiger partial charge in [-0.2, -0.15) is 0 Å². The van der Waals surface area contributed by atoms with Crippen LogP contribution in [0.3, 0.4) is 0 Å². The van der Waals surface area contributed by atoms with Crippen molar-refractivity contribution in [2.24, 2.45) is 11.3 Å². The Morgan fingerprint density at radius 3 is 1.88 bits per heavy atom. The highest BCUT2D eigenvalue weighted by atomic mass is 16.5. The van der Waals surface area contributed by atoms with Gasteiger partial charge in [-0.25, -0.2) is 0 Å². The largest absolute Gasteiger partial charge is 0.380 e. The summed E-state index contributed by atoms with van der Waals surface area (Å²) in [6.07, 6.45) is 0. The van der Waals surface area contributed by atoms with Crippen LogP contribution in [0.2, 0.25) is 0 Å². The lowest BCUT2D eigenvalue weighted by Crippen LogP contribution is -2.41. The normalized spacial score (nSPS) is 26.4. The van der Waals surface area contributed by atoms with Gasteiger partial charge in [0.15, 0.2) is 0 Å². The maximum absolute atomic E-state index is 12.1. The number of aliphatic hydroxyl groups is 1. The van der Waals surface area contributed by atoms with Crippen LogP contribution in [-0.2, 0) is 10.3 Å². The van der Waals surface area contributed by atoms with E-state index < -0.39 is 5.60 Å². The Morgan fingerprint density at radius 2 is 1.40 bits per heavy atom. The van der Waals surface area contributed by atoms with Gasteiger partial charge in [-0.15, -0.1) is 0 Å². The van der Waals surface area contributed by atoms with Crippen molar-refractivity contribution in [3.63, 3.8) is 0 Å². The predicted molar refractivity (Wildman–Crippen MR) is 99.3 cm³/mol. The van der Waals surface area contributed by atoms with Crippen LogP contribution in [-0.4, -0.2) is 42.4 Å². The number of ether oxygens (including phenoxy) is 1. The first-order valence-corrected chi connectivity index (χ1v) is 9.21. The standard InChI is InChI=1S/C22H27NO2/c1-21(2)19(20(21)23-13-15-25-16-14-23)22(24,17-9-5-3-6-10-17)18-11-7-4-8-12-18/h3-12,19-20,24H,13-16H2,1-2H3/t19-,20+/m1/s1. The van der Waals surface area contributed by atoms with Crippen molar-refractivity contribution >= 4 is 0 Å². The van der Waals surface area contributed by atoms with Crippen LogP contribution in [0.4, 0.5) is 0 Å². The van der Waals surface area contributed by atoms with Gasteiger partial charge in [0.2, 0.25) is 0 Å². The van der Waals surface area contributed by atoms with Crippen molar-refractivity contribution < 1.29 is 9.84 Å². The van der Waals surface area contributed by atoms with E-state index in [9.17, 15) is 5.11 Å². The van der Waals surface area contributed by atoms with Gasteiger partial charge in [-0.05, 0) is 16.5 Å². The summed E-state index contributed by atoms with van der Waals surface area (Å²) in [5, 5.41) is 12.1. The van der Waals surface area contributed by atoms with E-state index >= 15 is 0 Å². The zero-order valence-corrected chi connectivity index (χ0v) is 15.1. The van der Waals surface area contributed by atoms with Crippen molar-refractivity contribution in [1.29, 1.82) is 0 Å². The van der Waals surface area contributed by atoms with Crippen LogP contribution in [0, 0.1) is 11.3 Å². The zero-order chi connectivity index (χ0) is 17.5. The minimum absolute atomic E-state index is 0.0533. The number of rotatable bonds is 4. The Bertz CT molecular complexity index is 668. The number of morpholine rings is 1. The predicted octanol–water partition coefficient (Wildman–Crippen LogP) is 3.28. The quantitative estimate of drug-likeness (QED) is 0.929. The van der Waals surface area contributed by atoms with Gasteiger partial charge in [-0.1, -0.05) is 74.5 Å². The van der Waals surface area contributed by atoms with Crippen molar-refractivity contribution in [1.82, 2.24) is 4.90 Å². The van der Waals surface area contributed by atoms with E-state index in [1.54, 1.807) is 0 Å². The second kappa shape index (κ2) is 6.24. The molecule has 1 heterocycles. The molecule has 132 valence electrons. The lowest BCUT2D eigenvalue weighted by atomic mass is 9.79. The van der Waals surface area contributed by atoms with Gasteiger partial charge in [0, 0.05) is 25.0 Å². The molecule has 1 N–H and O–H groups in total. The summed E-state index contributed by atoms with van der Waals surface area (Å²) in [6.45, 7) is 8.04. The maximum Gasteiger partial charge on any atom is 0.119 e. The van der Waals surface area contributed by atoms with Gasteiger partial charge < -0.3 is 9.84 Å². The molecule has 2 aromatic carbocycles. The molecule has 1 aliphatic heterocycles. The van der Waals surface area contributed by atoms with Crippen molar-refractivity contribution in [2.45, 2.75) is 25.5 Å².